The van der Waals surface area contributed by atoms with Crippen LogP contribution >= 0.6 is 11.6 Å². The van der Waals surface area contributed by atoms with Crippen LogP contribution in [0.2, 0.25) is 0 Å². The van der Waals surface area contributed by atoms with Crippen LogP contribution in [0.1, 0.15) is 5.56 Å². The molecule has 0 aliphatic rings. The van der Waals surface area contributed by atoms with Crippen LogP contribution in [0.15, 0.2) is 29.8 Å². The Balaban J connectivity index is 2.83. The van der Waals surface area contributed by atoms with E-state index in [1.165, 1.54) is 12.6 Å². The van der Waals surface area contributed by atoms with Crippen LogP contribution in [0.25, 0.3) is 0 Å². The molecule has 0 aliphatic heterocycles. The summed E-state index contributed by atoms with van der Waals surface area (Å²) < 4.78 is 10.4. The highest BCUT2D eigenvalue weighted by atomic mass is 35.5. The topological polar surface area (TPSA) is 42.2 Å². The number of methoxy groups -OCH3 is 1. The normalized spacial score (nSPS) is 9.93. The summed E-state index contributed by atoms with van der Waals surface area (Å²) in [6, 6.07) is 7.01. The van der Waals surface area contributed by atoms with E-state index < -0.39 is 0 Å². The molecule has 1 aromatic carbocycles. The SMILES string of the molecule is COc1cc(C#N)ccc1OC/C=C/Cl. The van der Waals surface area contributed by atoms with Gasteiger partial charge < -0.3 is 9.47 Å². The molecule has 78 valence electrons. The zero-order valence-electron chi connectivity index (χ0n) is 8.24. The van der Waals surface area contributed by atoms with Crippen molar-refractivity contribution in [2.24, 2.45) is 0 Å². The van der Waals surface area contributed by atoms with Gasteiger partial charge in [-0.25, -0.2) is 0 Å². The van der Waals surface area contributed by atoms with Gasteiger partial charge in [0.05, 0.1) is 18.7 Å². The third-order valence-electron chi connectivity index (χ3n) is 1.72. The van der Waals surface area contributed by atoms with E-state index in [9.17, 15) is 0 Å². The van der Waals surface area contributed by atoms with Crippen LogP contribution in [0.5, 0.6) is 11.5 Å². The maximum absolute atomic E-state index is 8.69. The second-order valence-electron chi connectivity index (χ2n) is 2.65. The number of hydrogen-bond donors (Lipinski definition) is 0. The Morgan fingerprint density at radius 1 is 1.47 bits per heavy atom. The highest BCUT2D eigenvalue weighted by Crippen LogP contribution is 2.27. The molecule has 0 spiro atoms. The zero-order chi connectivity index (χ0) is 11.1. The summed E-state index contributed by atoms with van der Waals surface area (Å²) in [5.74, 6) is 1.13. The fraction of sp³-hybridized carbons (Fsp3) is 0.182. The van der Waals surface area contributed by atoms with Gasteiger partial charge in [0.15, 0.2) is 11.5 Å². The lowest BCUT2D eigenvalue weighted by Crippen LogP contribution is -1.96. The molecule has 0 atom stereocenters. The summed E-state index contributed by atoms with van der Waals surface area (Å²) in [7, 11) is 1.53. The third-order valence-corrected chi connectivity index (χ3v) is 1.90. The summed E-state index contributed by atoms with van der Waals surface area (Å²) in [5.41, 5.74) is 1.92. The molecule has 3 nitrogen and oxygen atoms in total. The van der Waals surface area contributed by atoms with E-state index in [0.717, 1.165) is 0 Å². The Labute approximate surface area is 93.5 Å². The summed E-state index contributed by atoms with van der Waals surface area (Å²) in [6.45, 7) is 0.367. The molecular weight excluding hydrogens is 214 g/mol. The van der Waals surface area contributed by atoms with E-state index in [4.69, 9.17) is 26.3 Å². The van der Waals surface area contributed by atoms with Crippen LogP contribution in [-0.4, -0.2) is 13.7 Å². The molecule has 0 saturated heterocycles. The van der Waals surface area contributed by atoms with E-state index in [1.807, 2.05) is 6.07 Å². The van der Waals surface area contributed by atoms with Gasteiger partial charge in [-0.3, -0.25) is 0 Å². The molecule has 0 aromatic heterocycles. The molecular formula is C11H10ClNO2. The number of rotatable bonds is 4. The van der Waals surface area contributed by atoms with Gasteiger partial charge in [0, 0.05) is 11.6 Å². The van der Waals surface area contributed by atoms with Crippen LogP contribution < -0.4 is 9.47 Å². The average molecular weight is 224 g/mol. The van der Waals surface area contributed by atoms with E-state index in [2.05, 4.69) is 0 Å². The Hall–Kier alpha value is -1.66. The van der Waals surface area contributed by atoms with Crippen molar-refractivity contribution in [2.45, 2.75) is 0 Å². The number of benzene rings is 1. The minimum Gasteiger partial charge on any atom is -0.493 e. The number of nitrogens with zero attached hydrogens (tertiary/aromatic N) is 1. The largest absolute Gasteiger partial charge is 0.493 e. The molecule has 15 heavy (non-hydrogen) atoms. The predicted octanol–water partition coefficient (Wildman–Crippen LogP) is 2.70. The molecule has 0 heterocycles. The Bertz CT molecular complexity index is 396. The molecule has 0 N–H and O–H groups in total. The lowest BCUT2D eigenvalue weighted by molar-refractivity contribution is 0.326. The van der Waals surface area contributed by atoms with Crippen molar-refractivity contribution in [3.8, 4) is 17.6 Å². The number of halogens is 1. The second kappa shape index (κ2) is 5.94. The first-order chi connectivity index (χ1) is 7.31. The molecule has 0 aliphatic carbocycles. The first-order valence-electron chi connectivity index (χ1n) is 4.28. The van der Waals surface area contributed by atoms with Crippen molar-refractivity contribution in [3.05, 3.63) is 35.4 Å². The fourth-order valence-corrected chi connectivity index (χ4v) is 1.10. The molecule has 1 rings (SSSR count). The van der Waals surface area contributed by atoms with E-state index in [1.54, 1.807) is 24.3 Å². The first kappa shape index (κ1) is 11.4. The molecule has 4 heteroatoms. The van der Waals surface area contributed by atoms with E-state index in [0.29, 0.717) is 23.7 Å². The van der Waals surface area contributed by atoms with Gasteiger partial charge >= 0.3 is 0 Å². The van der Waals surface area contributed by atoms with Crippen molar-refractivity contribution in [1.82, 2.24) is 0 Å². The summed E-state index contributed by atoms with van der Waals surface area (Å²) in [6.07, 6.45) is 1.67. The molecule has 0 amide bonds. The van der Waals surface area contributed by atoms with Crippen LogP contribution in [0, 0.1) is 11.3 Å². The molecule has 1 aromatic rings. The standard InChI is InChI=1S/C11H10ClNO2/c1-14-11-7-9(8-13)3-4-10(11)15-6-2-5-12/h2-5,7H,6H2,1H3/b5-2+. The second-order valence-corrected chi connectivity index (χ2v) is 2.90. The maximum Gasteiger partial charge on any atom is 0.162 e. The van der Waals surface area contributed by atoms with Gasteiger partial charge in [0.1, 0.15) is 6.61 Å². The van der Waals surface area contributed by atoms with Crippen LogP contribution in [-0.2, 0) is 0 Å². The molecule has 0 fully saturated rings. The van der Waals surface area contributed by atoms with Crippen molar-refractivity contribution < 1.29 is 9.47 Å². The van der Waals surface area contributed by atoms with Crippen LogP contribution in [0.3, 0.4) is 0 Å². The van der Waals surface area contributed by atoms with Crippen molar-refractivity contribution >= 4 is 11.6 Å². The molecule has 0 unspecified atom stereocenters. The lowest BCUT2D eigenvalue weighted by atomic mass is 10.2. The third kappa shape index (κ3) is 3.19. The minimum absolute atomic E-state index is 0.367. The number of hydrogen-bond acceptors (Lipinski definition) is 3. The molecule has 0 radical (unpaired) electrons. The van der Waals surface area contributed by atoms with Gasteiger partial charge in [-0.05, 0) is 18.2 Å². The predicted molar refractivity (Wildman–Crippen MR) is 58.2 cm³/mol. The Morgan fingerprint density at radius 2 is 2.27 bits per heavy atom. The smallest absolute Gasteiger partial charge is 0.162 e. The van der Waals surface area contributed by atoms with E-state index in [-0.39, 0.29) is 0 Å². The highest BCUT2D eigenvalue weighted by Gasteiger charge is 2.04. The van der Waals surface area contributed by atoms with Crippen LogP contribution in [0.4, 0.5) is 0 Å². The van der Waals surface area contributed by atoms with Gasteiger partial charge in [-0.2, -0.15) is 5.26 Å². The summed E-state index contributed by atoms with van der Waals surface area (Å²) >= 11 is 5.35. The highest BCUT2D eigenvalue weighted by molar-refractivity contribution is 6.25. The van der Waals surface area contributed by atoms with Gasteiger partial charge in [0.2, 0.25) is 0 Å². The monoisotopic (exact) mass is 223 g/mol. The van der Waals surface area contributed by atoms with Crippen molar-refractivity contribution in [2.75, 3.05) is 13.7 Å². The summed E-state index contributed by atoms with van der Waals surface area (Å²) in [4.78, 5) is 0. The number of ether oxygens (including phenoxy) is 2. The van der Waals surface area contributed by atoms with Gasteiger partial charge in [-0.15, -0.1) is 0 Å². The first-order valence-corrected chi connectivity index (χ1v) is 4.71. The molecule has 0 bridgehead atoms. The fourth-order valence-electron chi connectivity index (χ4n) is 1.03. The quantitative estimate of drug-likeness (QED) is 0.788. The number of nitriles is 1. The molecule has 0 saturated carbocycles. The average Bonchev–Trinajstić information content (AvgIpc) is 2.29. The lowest BCUT2D eigenvalue weighted by Gasteiger charge is -2.08. The van der Waals surface area contributed by atoms with Crippen molar-refractivity contribution in [1.29, 1.82) is 5.26 Å². The maximum atomic E-state index is 8.69. The van der Waals surface area contributed by atoms with Crippen molar-refractivity contribution in [3.63, 3.8) is 0 Å². The zero-order valence-corrected chi connectivity index (χ0v) is 8.99. The van der Waals surface area contributed by atoms with E-state index >= 15 is 0 Å². The minimum atomic E-state index is 0.367. The Morgan fingerprint density at radius 3 is 2.87 bits per heavy atom. The van der Waals surface area contributed by atoms with Gasteiger partial charge in [-0.1, -0.05) is 11.6 Å². The summed E-state index contributed by atoms with van der Waals surface area (Å²) in [5, 5.41) is 8.69. The van der Waals surface area contributed by atoms with Gasteiger partial charge in [0.25, 0.3) is 0 Å². The Kier molecular flexibility index (Phi) is 4.52.